The molecule has 1 aromatic rings. The lowest BCUT2D eigenvalue weighted by Gasteiger charge is -2.05. The van der Waals surface area contributed by atoms with Crippen molar-refractivity contribution < 1.29 is 9.90 Å². The number of carboxylic acid groups (broad SMARTS) is 1. The van der Waals surface area contributed by atoms with Crippen LogP contribution >= 0.6 is 0 Å². The topological polar surface area (TPSA) is 37.3 Å². The Morgan fingerprint density at radius 3 is 2.47 bits per heavy atom. The molecule has 0 saturated carbocycles. The Morgan fingerprint density at radius 2 is 1.89 bits per heavy atom. The second kappa shape index (κ2) is 8.30. The molecule has 19 heavy (non-hydrogen) atoms. The van der Waals surface area contributed by atoms with E-state index >= 15 is 0 Å². The van der Waals surface area contributed by atoms with Crippen LogP contribution in [0.25, 0.3) is 6.08 Å². The predicted molar refractivity (Wildman–Crippen MR) is 80.0 cm³/mol. The standard InChI is InChI=1S/C17H22O2/c1-3-4-6-11-16(14(2)17(18)19)13-12-15-9-7-5-8-10-15/h5,7-10,12-13H,3-4,6,11H2,1-2H3,(H,18,19). The summed E-state index contributed by atoms with van der Waals surface area (Å²) in [4.78, 5) is 11.1. The van der Waals surface area contributed by atoms with Crippen LogP contribution in [-0.2, 0) is 4.79 Å². The van der Waals surface area contributed by atoms with Crippen LogP contribution in [0.3, 0.4) is 0 Å². The number of hydrogen-bond donors (Lipinski definition) is 1. The number of carbonyl (C=O) groups is 1. The van der Waals surface area contributed by atoms with Crippen LogP contribution in [0.2, 0.25) is 0 Å². The molecule has 2 nitrogen and oxygen atoms in total. The number of unbranched alkanes of at least 4 members (excludes halogenated alkanes) is 2. The van der Waals surface area contributed by atoms with Gasteiger partial charge in [0.25, 0.3) is 0 Å². The van der Waals surface area contributed by atoms with Gasteiger partial charge in [-0.2, -0.15) is 0 Å². The van der Waals surface area contributed by atoms with Crippen molar-refractivity contribution in [2.45, 2.75) is 39.5 Å². The minimum absolute atomic E-state index is 0.447. The summed E-state index contributed by atoms with van der Waals surface area (Å²) in [5.41, 5.74) is 2.46. The van der Waals surface area contributed by atoms with Crippen molar-refractivity contribution in [2.75, 3.05) is 0 Å². The first kappa shape index (κ1) is 15.2. The summed E-state index contributed by atoms with van der Waals surface area (Å²) in [6, 6.07) is 9.94. The van der Waals surface area contributed by atoms with Crippen LogP contribution in [0.4, 0.5) is 0 Å². The van der Waals surface area contributed by atoms with E-state index in [-0.39, 0.29) is 0 Å². The Hall–Kier alpha value is -1.83. The molecule has 0 heterocycles. The van der Waals surface area contributed by atoms with Gasteiger partial charge in [-0.1, -0.05) is 62.2 Å². The number of rotatable bonds is 7. The van der Waals surface area contributed by atoms with Crippen molar-refractivity contribution in [3.8, 4) is 0 Å². The van der Waals surface area contributed by atoms with Gasteiger partial charge in [-0.25, -0.2) is 4.79 Å². The van der Waals surface area contributed by atoms with Crippen LogP contribution in [0.1, 0.15) is 45.1 Å². The maximum atomic E-state index is 11.1. The second-order valence-corrected chi connectivity index (χ2v) is 4.66. The van der Waals surface area contributed by atoms with E-state index in [1.54, 1.807) is 6.92 Å². The molecule has 0 aliphatic heterocycles. The highest BCUT2D eigenvalue weighted by molar-refractivity contribution is 5.87. The quantitative estimate of drug-likeness (QED) is 0.438. The minimum Gasteiger partial charge on any atom is -0.478 e. The van der Waals surface area contributed by atoms with E-state index in [4.69, 9.17) is 5.11 Å². The average Bonchev–Trinajstić information content (AvgIpc) is 2.43. The van der Waals surface area contributed by atoms with E-state index in [9.17, 15) is 4.79 Å². The van der Waals surface area contributed by atoms with Gasteiger partial charge in [-0.3, -0.25) is 0 Å². The molecule has 0 saturated heterocycles. The molecule has 0 aromatic heterocycles. The maximum Gasteiger partial charge on any atom is 0.331 e. The van der Waals surface area contributed by atoms with Crippen LogP contribution < -0.4 is 0 Å². The molecule has 2 heteroatoms. The van der Waals surface area contributed by atoms with Crippen molar-refractivity contribution in [1.29, 1.82) is 0 Å². The van der Waals surface area contributed by atoms with Crippen LogP contribution in [0, 0.1) is 0 Å². The molecule has 0 atom stereocenters. The molecule has 1 rings (SSSR count). The molecule has 0 aliphatic rings. The molecule has 0 radical (unpaired) electrons. The molecule has 0 bridgehead atoms. The smallest absolute Gasteiger partial charge is 0.331 e. The molecule has 0 aliphatic carbocycles. The Balaban J connectivity index is 2.83. The molecule has 0 spiro atoms. The fourth-order valence-corrected chi connectivity index (χ4v) is 1.86. The van der Waals surface area contributed by atoms with E-state index in [0.717, 1.165) is 36.8 Å². The van der Waals surface area contributed by atoms with Gasteiger partial charge in [0.2, 0.25) is 0 Å². The average molecular weight is 258 g/mol. The van der Waals surface area contributed by atoms with E-state index in [2.05, 4.69) is 6.92 Å². The predicted octanol–water partition coefficient (Wildman–Crippen LogP) is 4.68. The zero-order valence-corrected chi connectivity index (χ0v) is 11.7. The van der Waals surface area contributed by atoms with Gasteiger partial charge >= 0.3 is 5.97 Å². The molecule has 0 fully saturated rings. The summed E-state index contributed by atoms with van der Waals surface area (Å²) < 4.78 is 0. The van der Waals surface area contributed by atoms with Crippen molar-refractivity contribution in [3.63, 3.8) is 0 Å². The van der Waals surface area contributed by atoms with Crippen molar-refractivity contribution in [3.05, 3.63) is 53.1 Å². The fourth-order valence-electron chi connectivity index (χ4n) is 1.86. The lowest BCUT2D eigenvalue weighted by molar-refractivity contribution is -0.132. The van der Waals surface area contributed by atoms with Gasteiger partial charge in [0.05, 0.1) is 0 Å². The van der Waals surface area contributed by atoms with E-state index in [0.29, 0.717) is 5.57 Å². The number of carboxylic acids is 1. The molecule has 1 N–H and O–H groups in total. The minimum atomic E-state index is -0.829. The van der Waals surface area contributed by atoms with Crippen LogP contribution in [0.15, 0.2) is 47.6 Å². The maximum absolute atomic E-state index is 11.1. The Bertz CT molecular complexity index is 455. The number of hydrogen-bond acceptors (Lipinski definition) is 1. The summed E-state index contributed by atoms with van der Waals surface area (Å²) in [5, 5.41) is 9.11. The molecular weight excluding hydrogens is 236 g/mol. The molecule has 1 aromatic carbocycles. The molecular formula is C17H22O2. The van der Waals surface area contributed by atoms with Gasteiger partial charge in [0.1, 0.15) is 0 Å². The normalized spacial score (nSPS) is 12.5. The summed E-state index contributed by atoms with van der Waals surface area (Å²) in [5.74, 6) is -0.829. The van der Waals surface area contributed by atoms with Gasteiger partial charge in [0, 0.05) is 5.57 Å². The third kappa shape index (κ3) is 5.56. The highest BCUT2D eigenvalue weighted by Crippen LogP contribution is 2.17. The van der Waals surface area contributed by atoms with Gasteiger partial charge in [-0.05, 0) is 30.9 Å². The van der Waals surface area contributed by atoms with E-state index < -0.39 is 5.97 Å². The third-order valence-electron chi connectivity index (χ3n) is 3.13. The Morgan fingerprint density at radius 1 is 1.21 bits per heavy atom. The lowest BCUT2D eigenvalue weighted by Crippen LogP contribution is -2.00. The first-order chi connectivity index (χ1) is 9.15. The van der Waals surface area contributed by atoms with Crippen molar-refractivity contribution in [2.24, 2.45) is 0 Å². The van der Waals surface area contributed by atoms with Crippen molar-refractivity contribution >= 4 is 12.0 Å². The van der Waals surface area contributed by atoms with Gasteiger partial charge in [0.15, 0.2) is 0 Å². The van der Waals surface area contributed by atoms with Gasteiger partial charge in [-0.15, -0.1) is 0 Å². The van der Waals surface area contributed by atoms with Gasteiger partial charge < -0.3 is 5.11 Å². The van der Waals surface area contributed by atoms with E-state index in [1.807, 2.05) is 42.5 Å². The third-order valence-corrected chi connectivity index (χ3v) is 3.13. The zero-order chi connectivity index (χ0) is 14.1. The van der Waals surface area contributed by atoms with Crippen LogP contribution in [-0.4, -0.2) is 11.1 Å². The monoisotopic (exact) mass is 258 g/mol. The molecule has 102 valence electrons. The zero-order valence-electron chi connectivity index (χ0n) is 11.7. The van der Waals surface area contributed by atoms with Crippen LogP contribution in [0.5, 0.6) is 0 Å². The highest BCUT2D eigenvalue weighted by Gasteiger charge is 2.06. The molecule has 0 unspecified atom stereocenters. The highest BCUT2D eigenvalue weighted by atomic mass is 16.4. The fraction of sp³-hybridized carbons (Fsp3) is 0.353. The molecule has 0 amide bonds. The first-order valence-corrected chi connectivity index (χ1v) is 6.81. The number of allylic oxidation sites excluding steroid dienone is 2. The lowest BCUT2D eigenvalue weighted by atomic mass is 10.0. The van der Waals surface area contributed by atoms with Crippen molar-refractivity contribution in [1.82, 2.24) is 0 Å². The number of aliphatic carboxylic acids is 1. The Kier molecular flexibility index (Phi) is 6.65. The number of benzene rings is 1. The summed E-state index contributed by atoms with van der Waals surface area (Å²) in [7, 11) is 0. The largest absolute Gasteiger partial charge is 0.478 e. The summed E-state index contributed by atoms with van der Waals surface area (Å²) in [6.07, 6.45) is 8.06. The summed E-state index contributed by atoms with van der Waals surface area (Å²) >= 11 is 0. The van der Waals surface area contributed by atoms with E-state index in [1.165, 1.54) is 0 Å². The first-order valence-electron chi connectivity index (χ1n) is 6.81. The SMILES string of the molecule is CCCCCC(C=Cc1ccccc1)=C(C)C(=O)O. The second-order valence-electron chi connectivity index (χ2n) is 4.66. The Labute approximate surface area is 115 Å². The summed E-state index contributed by atoms with van der Waals surface area (Å²) in [6.45, 7) is 3.83.